The number of benzene rings is 2. The van der Waals surface area contributed by atoms with Crippen LogP contribution in [0.25, 0.3) is 0 Å². The van der Waals surface area contributed by atoms with Gasteiger partial charge < -0.3 is 14.7 Å². The molecule has 2 heterocycles. The summed E-state index contributed by atoms with van der Waals surface area (Å²) in [7, 11) is 2.08. The number of aromatic nitrogens is 3. The van der Waals surface area contributed by atoms with Gasteiger partial charge in [-0.25, -0.2) is 0 Å². The fraction of sp³-hybridized carbons (Fsp3) is 0.417. The molecule has 162 valence electrons. The molecule has 6 nitrogen and oxygen atoms in total. The summed E-state index contributed by atoms with van der Waals surface area (Å²) in [4.78, 5) is 2.30. The second kappa shape index (κ2) is 8.17. The maximum Gasteiger partial charge on any atom is 0.226 e. The van der Waals surface area contributed by atoms with Crippen LogP contribution in [0.15, 0.2) is 48.5 Å². The highest BCUT2D eigenvalue weighted by molar-refractivity contribution is 6.31. The SMILES string of the molecule is Cn1c(N2CCC(Oc3ccc(Cl)c(CO)c3)CC2)nnc1C1(c2ccccc2)CC1. The molecule has 0 bridgehead atoms. The van der Waals surface area contributed by atoms with E-state index in [1.807, 2.05) is 12.1 Å². The van der Waals surface area contributed by atoms with Gasteiger partial charge in [0.1, 0.15) is 17.7 Å². The fourth-order valence-corrected chi connectivity index (χ4v) is 4.83. The summed E-state index contributed by atoms with van der Waals surface area (Å²) in [5, 5.41) is 19.2. The third kappa shape index (κ3) is 3.79. The lowest BCUT2D eigenvalue weighted by atomic mass is 9.95. The maximum absolute atomic E-state index is 9.41. The summed E-state index contributed by atoms with van der Waals surface area (Å²) in [6, 6.07) is 16.1. The van der Waals surface area contributed by atoms with Crippen molar-refractivity contribution in [2.45, 2.75) is 43.8 Å². The van der Waals surface area contributed by atoms with E-state index in [-0.39, 0.29) is 18.1 Å². The summed E-state index contributed by atoms with van der Waals surface area (Å²) in [5.41, 5.74) is 2.03. The van der Waals surface area contributed by atoms with Crippen molar-refractivity contribution in [1.29, 1.82) is 0 Å². The zero-order valence-electron chi connectivity index (χ0n) is 17.7. The van der Waals surface area contributed by atoms with Crippen LogP contribution in [0.2, 0.25) is 5.02 Å². The van der Waals surface area contributed by atoms with Gasteiger partial charge in [0.05, 0.1) is 12.0 Å². The van der Waals surface area contributed by atoms with Crippen molar-refractivity contribution in [2.75, 3.05) is 18.0 Å². The molecule has 2 aromatic carbocycles. The Kier molecular flexibility index (Phi) is 5.36. The average Bonchev–Trinajstić information content (AvgIpc) is 3.52. The van der Waals surface area contributed by atoms with Crippen LogP contribution in [0.1, 0.15) is 42.6 Å². The molecule has 7 heteroatoms. The van der Waals surface area contributed by atoms with E-state index in [4.69, 9.17) is 16.3 Å². The van der Waals surface area contributed by atoms with Crippen LogP contribution in [0, 0.1) is 0 Å². The number of aliphatic hydroxyl groups excluding tert-OH is 1. The number of piperidine rings is 1. The van der Waals surface area contributed by atoms with Gasteiger partial charge in [0.25, 0.3) is 0 Å². The Morgan fingerprint density at radius 1 is 1.10 bits per heavy atom. The Labute approximate surface area is 187 Å². The van der Waals surface area contributed by atoms with Crippen molar-refractivity contribution in [3.63, 3.8) is 0 Å². The van der Waals surface area contributed by atoms with Crippen LogP contribution in [0.3, 0.4) is 0 Å². The average molecular weight is 439 g/mol. The van der Waals surface area contributed by atoms with Gasteiger partial charge in [-0.15, -0.1) is 10.2 Å². The van der Waals surface area contributed by atoms with Gasteiger partial charge >= 0.3 is 0 Å². The van der Waals surface area contributed by atoms with Crippen molar-refractivity contribution in [1.82, 2.24) is 14.8 Å². The molecule has 0 atom stereocenters. The summed E-state index contributed by atoms with van der Waals surface area (Å²) < 4.78 is 8.33. The molecule has 0 amide bonds. The highest BCUT2D eigenvalue weighted by Gasteiger charge is 2.50. The van der Waals surface area contributed by atoms with Crippen LogP contribution in [0.4, 0.5) is 5.95 Å². The van der Waals surface area contributed by atoms with Gasteiger partial charge in [-0.05, 0) is 42.2 Å². The second-order valence-corrected chi connectivity index (χ2v) is 8.95. The van der Waals surface area contributed by atoms with Gasteiger partial charge in [0, 0.05) is 38.0 Å². The third-order valence-electron chi connectivity index (χ3n) is 6.57. The molecule has 1 saturated heterocycles. The zero-order chi connectivity index (χ0) is 21.4. The van der Waals surface area contributed by atoms with Gasteiger partial charge in [0.2, 0.25) is 5.95 Å². The van der Waals surface area contributed by atoms with E-state index >= 15 is 0 Å². The first-order valence-electron chi connectivity index (χ1n) is 10.9. The summed E-state index contributed by atoms with van der Waals surface area (Å²) in [6.45, 7) is 1.65. The smallest absolute Gasteiger partial charge is 0.226 e. The maximum atomic E-state index is 9.41. The van der Waals surface area contributed by atoms with Crippen molar-refractivity contribution < 1.29 is 9.84 Å². The molecule has 1 N–H and O–H groups in total. The van der Waals surface area contributed by atoms with E-state index in [1.54, 1.807) is 6.07 Å². The Bertz CT molecular complexity index is 1060. The van der Waals surface area contributed by atoms with Gasteiger partial charge in [-0.3, -0.25) is 4.57 Å². The number of aliphatic hydroxyl groups is 1. The van der Waals surface area contributed by atoms with E-state index in [2.05, 4.69) is 57.0 Å². The van der Waals surface area contributed by atoms with Crippen molar-refractivity contribution in [3.8, 4) is 5.75 Å². The number of hydrogen-bond acceptors (Lipinski definition) is 5. The van der Waals surface area contributed by atoms with Crippen LogP contribution in [-0.2, 0) is 19.1 Å². The molecule has 1 aliphatic heterocycles. The third-order valence-corrected chi connectivity index (χ3v) is 6.94. The van der Waals surface area contributed by atoms with Crippen LogP contribution in [-0.4, -0.2) is 39.1 Å². The minimum absolute atomic E-state index is 0.0156. The number of anilines is 1. The van der Waals surface area contributed by atoms with Crippen molar-refractivity contribution in [2.24, 2.45) is 7.05 Å². The topological polar surface area (TPSA) is 63.4 Å². The standard InChI is InChI=1S/C24H27ClN4O2/c1-28-22(24(11-12-24)18-5-3-2-4-6-18)26-27-23(28)29-13-9-19(10-14-29)31-20-7-8-21(25)17(15-20)16-30/h2-8,15,19,30H,9-14,16H2,1H3. The lowest BCUT2D eigenvalue weighted by Crippen LogP contribution is -2.39. The molecule has 1 aliphatic carbocycles. The summed E-state index contributed by atoms with van der Waals surface area (Å²) in [6.07, 6.45) is 4.19. The van der Waals surface area contributed by atoms with E-state index in [0.29, 0.717) is 10.6 Å². The first kappa shape index (κ1) is 20.3. The van der Waals surface area contributed by atoms with Gasteiger partial charge in [-0.1, -0.05) is 41.9 Å². The minimum atomic E-state index is -0.0898. The Morgan fingerprint density at radius 3 is 2.52 bits per heavy atom. The number of nitrogens with zero attached hydrogens (tertiary/aromatic N) is 4. The second-order valence-electron chi connectivity index (χ2n) is 8.55. The molecule has 0 radical (unpaired) electrons. The molecule has 31 heavy (non-hydrogen) atoms. The molecule has 0 unspecified atom stereocenters. The molecule has 3 aromatic rings. The van der Waals surface area contributed by atoms with E-state index in [1.165, 1.54) is 5.56 Å². The van der Waals surface area contributed by atoms with Gasteiger partial charge in [0.15, 0.2) is 0 Å². The summed E-state index contributed by atoms with van der Waals surface area (Å²) >= 11 is 6.08. The molecule has 0 spiro atoms. The van der Waals surface area contributed by atoms with E-state index in [9.17, 15) is 5.11 Å². The Hall–Kier alpha value is -2.57. The lowest BCUT2D eigenvalue weighted by molar-refractivity contribution is 0.169. The number of ether oxygens (including phenoxy) is 1. The summed E-state index contributed by atoms with van der Waals surface area (Å²) in [5.74, 6) is 2.75. The first-order chi connectivity index (χ1) is 15.1. The predicted molar refractivity (Wildman–Crippen MR) is 121 cm³/mol. The lowest BCUT2D eigenvalue weighted by Gasteiger charge is -2.32. The molecule has 1 aromatic heterocycles. The molecular weight excluding hydrogens is 412 g/mol. The highest BCUT2D eigenvalue weighted by Crippen LogP contribution is 2.53. The fourth-order valence-electron chi connectivity index (χ4n) is 4.65. The largest absolute Gasteiger partial charge is 0.490 e. The molecular formula is C24H27ClN4O2. The van der Waals surface area contributed by atoms with Crippen molar-refractivity contribution in [3.05, 3.63) is 70.5 Å². The quantitative estimate of drug-likeness (QED) is 0.628. The van der Waals surface area contributed by atoms with E-state index in [0.717, 1.165) is 56.3 Å². The zero-order valence-corrected chi connectivity index (χ0v) is 18.4. The van der Waals surface area contributed by atoms with Crippen LogP contribution < -0.4 is 9.64 Å². The minimum Gasteiger partial charge on any atom is -0.490 e. The Balaban J connectivity index is 1.26. The van der Waals surface area contributed by atoms with Crippen LogP contribution >= 0.6 is 11.6 Å². The molecule has 2 fully saturated rings. The van der Waals surface area contributed by atoms with Crippen molar-refractivity contribution >= 4 is 17.5 Å². The predicted octanol–water partition coefficient (Wildman–Crippen LogP) is 4.09. The number of rotatable bonds is 6. The molecule has 1 saturated carbocycles. The monoisotopic (exact) mass is 438 g/mol. The highest BCUT2D eigenvalue weighted by atomic mass is 35.5. The molecule has 5 rings (SSSR count). The first-order valence-corrected chi connectivity index (χ1v) is 11.2. The number of halogens is 1. The normalized spacial score (nSPS) is 18.2. The van der Waals surface area contributed by atoms with Crippen LogP contribution in [0.5, 0.6) is 5.75 Å². The number of hydrogen-bond donors (Lipinski definition) is 1. The van der Waals surface area contributed by atoms with E-state index < -0.39 is 0 Å². The van der Waals surface area contributed by atoms with Gasteiger partial charge in [-0.2, -0.15) is 0 Å². The molecule has 2 aliphatic rings. The Morgan fingerprint density at radius 2 is 1.84 bits per heavy atom.